The Morgan fingerprint density at radius 3 is 1.46 bits per heavy atom. The smallest absolute Gasteiger partial charge is 0.232 e. The first kappa shape index (κ1) is 28.6. The Bertz CT molecular complexity index is 560. The Morgan fingerprint density at radius 2 is 1.14 bits per heavy atom. The molecule has 0 atom stereocenters. The van der Waals surface area contributed by atoms with Crippen LogP contribution in [0.5, 0.6) is 0 Å². The molecule has 158 valence electrons. The van der Waals surface area contributed by atoms with Crippen LogP contribution in [0.15, 0.2) is 48.5 Å². The van der Waals surface area contributed by atoms with Gasteiger partial charge in [0, 0.05) is 11.9 Å². The number of aryl methyl sites for hydroxylation is 2. The van der Waals surface area contributed by atoms with Gasteiger partial charge < -0.3 is 5.32 Å². The van der Waals surface area contributed by atoms with E-state index < -0.39 is 0 Å². The largest absolute Gasteiger partial charge is 0.355 e. The first-order valence-electron chi connectivity index (χ1n) is 10.6. The van der Waals surface area contributed by atoms with E-state index in [1.54, 1.807) is 0 Å². The predicted molar refractivity (Wildman–Crippen MR) is 130 cm³/mol. The van der Waals surface area contributed by atoms with Crippen LogP contribution < -0.4 is 5.32 Å². The number of carbonyl (C=O) groups is 1. The third-order valence-corrected chi connectivity index (χ3v) is 4.25. The lowest BCUT2D eigenvalue weighted by Gasteiger charge is -2.18. The van der Waals surface area contributed by atoms with Gasteiger partial charge in [-0.25, -0.2) is 0 Å². The van der Waals surface area contributed by atoms with Crippen LogP contribution in [0, 0.1) is 13.8 Å². The highest BCUT2D eigenvalue weighted by molar-refractivity contribution is 9.09. The molecule has 0 aliphatic heterocycles. The van der Waals surface area contributed by atoms with Crippen molar-refractivity contribution in [2.24, 2.45) is 0 Å². The van der Waals surface area contributed by atoms with Gasteiger partial charge in [0.05, 0.1) is 5.92 Å². The third-order valence-electron chi connectivity index (χ3n) is 3.69. The van der Waals surface area contributed by atoms with Crippen molar-refractivity contribution in [2.75, 3.05) is 11.9 Å². The van der Waals surface area contributed by atoms with Gasteiger partial charge in [-0.05, 0) is 31.4 Å². The van der Waals surface area contributed by atoms with Gasteiger partial charge in [-0.3, -0.25) is 4.79 Å². The number of amides is 1. The van der Waals surface area contributed by atoms with Crippen LogP contribution in [-0.4, -0.2) is 17.8 Å². The molecule has 0 radical (unpaired) electrons. The van der Waals surface area contributed by atoms with E-state index in [1.165, 1.54) is 11.1 Å². The summed E-state index contributed by atoms with van der Waals surface area (Å²) in [5.74, 6) is -0.190. The van der Waals surface area contributed by atoms with Crippen molar-refractivity contribution in [1.29, 1.82) is 0 Å². The molecule has 0 aliphatic carbocycles. The lowest BCUT2D eigenvalue weighted by molar-refractivity contribution is -0.121. The summed E-state index contributed by atoms with van der Waals surface area (Å²) in [7, 11) is 0. The zero-order valence-electron chi connectivity index (χ0n) is 19.1. The quantitative estimate of drug-likeness (QED) is 0.360. The van der Waals surface area contributed by atoms with E-state index in [4.69, 9.17) is 0 Å². The second-order valence-electron chi connectivity index (χ2n) is 5.59. The van der Waals surface area contributed by atoms with Crippen molar-refractivity contribution in [2.45, 2.75) is 67.7 Å². The molecule has 2 rings (SSSR count). The molecule has 2 aromatic carbocycles. The first-order chi connectivity index (χ1) is 13.6. The van der Waals surface area contributed by atoms with Crippen molar-refractivity contribution in [3.8, 4) is 0 Å². The molecule has 1 amide bonds. The Balaban J connectivity index is 0. The fraction of sp³-hybridized carbons (Fsp3) is 0.480. The predicted octanol–water partition coefficient (Wildman–Crippen LogP) is 7.42. The number of hydrogen-bond donors (Lipinski definition) is 1. The average Bonchev–Trinajstić information content (AvgIpc) is 2.75. The van der Waals surface area contributed by atoms with Gasteiger partial charge in [0.25, 0.3) is 0 Å². The first-order valence-corrected chi connectivity index (χ1v) is 11.7. The van der Waals surface area contributed by atoms with Gasteiger partial charge in [0.1, 0.15) is 0 Å². The molecule has 0 bridgehead atoms. The molecular weight excluding hydrogens is 410 g/mol. The van der Waals surface area contributed by atoms with Crippen LogP contribution >= 0.6 is 15.9 Å². The third kappa shape index (κ3) is 10.7. The summed E-state index contributed by atoms with van der Waals surface area (Å²) in [5.41, 5.74) is 4.47. The lowest BCUT2D eigenvalue weighted by atomic mass is 9.89. The molecule has 0 aliphatic rings. The van der Waals surface area contributed by atoms with Crippen LogP contribution in [0.25, 0.3) is 0 Å². The number of halogens is 1. The lowest BCUT2D eigenvalue weighted by Crippen LogP contribution is -2.31. The SMILES string of the molecule is CC.CC.CC.Cc1ccc(C(C(=O)NCCCBr)c2ccc(C)cc2)cc1. The molecular formula is C25H40BrNO. The summed E-state index contributed by atoms with van der Waals surface area (Å²) < 4.78 is 0. The van der Waals surface area contributed by atoms with Crippen LogP contribution in [0.1, 0.15) is 76.1 Å². The second kappa shape index (κ2) is 18.7. The Morgan fingerprint density at radius 1 is 0.786 bits per heavy atom. The van der Waals surface area contributed by atoms with Gasteiger partial charge >= 0.3 is 0 Å². The zero-order chi connectivity index (χ0) is 21.9. The number of rotatable bonds is 6. The van der Waals surface area contributed by atoms with Gasteiger partial charge in [0.2, 0.25) is 5.91 Å². The number of hydrogen-bond acceptors (Lipinski definition) is 1. The summed E-state index contributed by atoms with van der Waals surface area (Å²) in [6.07, 6.45) is 0.931. The normalized spacial score (nSPS) is 9.07. The van der Waals surface area contributed by atoms with Gasteiger partial charge in [-0.15, -0.1) is 0 Å². The maximum Gasteiger partial charge on any atom is 0.232 e. The van der Waals surface area contributed by atoms with Crippen LogP contribution in [0.2, 0.25) is 0 Å². The van der Waals surface area contributed by atoms with Crippen molar-refractivity contribution in [3.05, 3.63) is 70.8 Å². The van der Waals surface area contributed by atoms with E-state index in [9.17, 15) is 4.79 Å². The van der Waals surface area contributed by atoms with E-state index in [0.29, 0.717) is 6.54 Å². The van der Waals surface area contributed by atoms with Crippen molar-refractivity contribution < 1.29 is 4.79 Å². The molecule has 0 saturated heterocycles. The topological polar surface area (TPSA) is 29.1 Å². The highest BCUT2D eigenvalue weighted by Gasteiger charge is 2.22. The fourth-order valence-corrected chi connectivity index (χ4v) is 2.67. The Kier molecular flexibility index (Phi) is 19.1. The van der Waals surface area contributed by atoms with E-state index >= 15 is 0 Å². The molecule has 0 heterocycles. The number of alkyl halides is 1. The Hall–Kier alpha value is -1.61. The molecule has 1 N–H and O–H groups in total. The highest BCUT2D eigenvalue weighted by Crippen LogP contribution is 2.25. The standard InChI is InChI=1S/C19H22BrNO.3C2H6/c1-14-4-8-16(9-5-14)18(19(22)21-13-3-12-20)17-10-6-15(2)7-11-17;3*1-2/h4-11,18H,3,12-13H2,1-2H3,(H,21,22);3*1-2H3. The Labute approximate surface area is 182 Å². The second-order valence-corrected chi connectivity index (χ2v) is 6.38. The van der Waals surface area contributed by atoms with Crippen molar-refractivity contribution in [3.63, 3.8) is 0 Å². The summed E-state index contributed by atoms with van der Waals surface area (Å²) in [4.78, 5) is 12.7. The minimum absolute atomic E-state index is 0.0636. The molecule has 0 aromatic heterocycles. The highest BCUT2D eigenvalue weighted by atomic mass is 79.9. The van der Waals surface area contributed by atoms with Gasteiger partial charge in [-0.2, -0.15) is 0 Å². The van der Waals surface area contributed by atoms with Crippen LogP contribution in [-0.2, 0) is 4.79 Å². The maximum atomic E-state index is 12.7. The minimum atomic E-state index is -0.253. The number of nitrogens with one attached hydrogen (secondary N) is 1. The molecule has 0 saturated carbocycles. The molecule has 0 spiro atoms. The minimum Gasteiger partial charge on any atom is -0.355 e. The van der Waals surface area contributed by atoms with E-state index in [1.807, 2.05) is 65.8 Å². The maximum absolute atomic E-state index is 12.7. The van der Waals surface area contributed by atoms with Crippen LogP contribution in [0.4, 0.5) is 0 Å². The fourth-order valence-electron chi connectivity index (χ4n) is 2.39. The molecule has 28 heavy (non-hydrogen) atoms. The molecule has 3 heteroatoms. The van der Waals surface area contributed by atoms with E-state index in [-0.39, 0.29) is 11.8 Å². The molecule has 0 fully saturated rings. The zero-order valence-corrected chi connectivity index (χ0v) is 20.7. The molecule has 0 unspecified atom stereocenters. The van der Waals surface area contributed by atoms with E-state index in [2.05, 4.69) is 59.4 Å². The average molecular weight is 451 g/mol. The summed E-state index contributed by atoms with van der Waals surface area (Å²) >= 11 is 3.39. The number of carbonyl (C=O) groups excluding carboxylic acids is 1. The molecule has 2 nitrogen and oxygen atoms in total. The summed E-state index contributed by atoms with van der Waals surface area (Å²) in [6, 6.07) is 16.4. The van der Waals surface area contributed by atoms with Crippen molar-refractivity contribution in [1.82, 2.24) is 5.32 Å². The van der Waals surface area contributed by atoms with Crippen molar-refractivity contribution >= 4 is 21.8 Å². The summed E-state index contributed by atoms with van der Waals surface area (Å²) in [6.45, 7) is 16.8. The van der Waals surface area contributed by atoms with Crippen LogP contribution in [0.3, 0.4) is 0 Å². The summed E-state index contributed by atoms with van der Waals surface area (Å²) in [5, 5.41) is 3.94. The number of benzene rings is 2. The van der Waals surface area contributed by atoms with Gasteiger partial charge in [-0.1, -0.05) is 117 Å². The monoisotopic (exact) mass is 449 g/mol. The van der Waals surface area contributed by atoms with E-state index in [0.717, 1.165) is 22.9 Å². The van der Waals surface area contributed by atoms with Gasteiger partial charge in [0.15, 0.2) is 0 Å². The molecule has 2 aromatic rings.